The summed E-state index contributed by atoms with van der Waals surface area (Å²) in [5.74, 6) is 0.270. The smallest absolute Gasteiger partial charge is 0.306 e. The lowest BCUT2D eigenvalue weighted by molar-refractivity contribution is -0.145. The highest BCUT2D eigenvalue weighted by molar-refractivity contribution is 5.69. The van der Waals surface area contributed by atoms with Gasteiger partial charge in [-0.3, -0.25) is 4.79 Å². The van der Waals surface area contributed by atoms with Crippen molar-refractivity contribution in [3.05, 3.63) is 12.2 Å². The molecular formula is C12H18O3. The van der Waals surface area contributed by atoms with Gasteiger partial charge in [0.25, 0.3) is 0 Å². The van der Waals surface area contributed by atoms with E-state index in [0.717, 1.165) is 19.3 Å². The Bertz CT molecular complexity index is 260. The molecule has 2 bridgehead atoms. The molecule has 0 amide bonds. The molecule has 2 rings (SSSR count). The fourth-order valence-corrected chi connectivity index (χ4v) is 2.16. The molecule has 2 aliphatic rings. The molecule has 0 spiro atoms. The van der Waals surface area contributed by atoms with Gasteiger partial charge >= 0.3 is 5.97 Å². The number of rotatable bonds is 5. The van der Waals surface area contributed by atoms with Gasteiger partial charge in [0.05, 0.1) is 25.2 Å². The summed E-state index contributed by atoms with van der Waals surface area (Å²) >= 11 is 0. The molecule has 3 unspecified atom stereocenters. The minimum absolute atomic E-state index is 0.0713. The minimum atomic E-state index is -0.0713. The van der Waals surface area contributed by atoms with E-state index in [1.165, 1.54) is 0 Å². The van der Waals surface area contributed by atoms with Crippen molar-refractivity contribution in [2.24, 2.45) is 5.92 Å². The molecule has 3 heteroatoms. The Morgan fingerprint density at radius 2 is 2.40 bits per heavy atom. The number of carbonyl (C=O) groups is 1. The van der Waals surface area contributed by atoms with Crippen LogP contribution in [0.3, 0.4) is 0 Å². The Kier molecular flexibility index (Phi) is 3.41. The van der Waals surface area contributed by atoms with Crippen molar-refractivity contribution in [2.75, 3.05) is 6.61 Å². The standard InChI is InChI=1S/C12H18O3/c1-2-3-6-14-12(13)8-9-7-10-4-5-11(9)15-10/h4-5,9-11H,2-3,6-8H2,1H3. The van der Waals surface area contributed by atoms with Gasteiger partial charge in [0.2, 0.25) is 0 Å². The molecule has 0 aromatic heterocycles. The van der Waals surface area contributed by atoms with Gasteiger partial charge in [-0.2, -0.15) is 0 Å². The lowest BCUT2D eigenvalue weighted by Gasteiger charge is -2.14. The molecule has 3 nitrogen and oxygen atoms in total. The first kappa shape index (κ1) is 10.7. The third kappa shape index (κ3) is 2.59. The van der Waals surface area contributed by atoms with Gasteiger partial charge < -0.3 is 9.47 Å². The van der Waals surface area contributed by atoms with Crippen LogP contribution in [0.25, 0.3) is 0 Å². The Balaban J connectivity index is 1.69. The summed E-state index contributed by atoms with van der Waals surface area (Å²) in [6.45, 7) is 2.65. The lowest BCUT2D eigenvalue weighted by Crippen LogP contribution is -2.19. The maximum absolute atomic E-state index is 11.4. The van der Waals surface area contributed by atoms with Crippen molar-refractivity contribution in [3.8, 4) is 0 Å². The largest absolute Gasteiger partial charge is 0.466 e. The van der Waals surface area contributed by atoms with Crippen molar-refractivity contribution in [1.82, 2.24) is 0 Å². The highest BCUT2D eigenvalue weighted by Gasteiger charge is 2.37. The number of ether oxygens (including phenoxy) is 2. The number of unbranched alkanes of at least 4 members (excludes halogenated alkanes) is 1. The van der Waals surface area contributed by atoms with Crippen LogP contribution >= 0.6 is 0 Å². The second kappa shape index (κ2) is 4.79. The Hall–Kier alpha value is -0.830. The molecule has 2 aliphatic heterocycles. The molecule has 1 saturated heterocycles. The predicted octanol–water partition coefficient (Wildman–Crippen LogP) is 2.06. The van der Waals surface area contributed by atoms with Crippen molar-refractivity contribution in [3.63, 3.8) is 0 Å². The average molecular weight is 210 g/mol. The lowest BCUT2D eigenvalue weighted by atomic mass is 9.91. The molecule has 0 radical (unpaired) electrons. The van der Waals surface area contributed by atoms with Crippen LogP contribution in [-0.4, -0.2) is 24.8 Å². The van der Waals surface area contributed by atoms with Gasteiger partial charge in [0.15, 0.2) is 0 Å². The maximum atomic E-state index is 11.4. The van der Waals surface area contributed by atoms with Crippen molar-refractivity contribution in [1.29, 1.82) is 0 Å². The predicted molar refractivity (Wildman–Crippen MR) is 56.4 cm³/mol. The second-order valence-electron chi connectivity index (χ2n) is 4.30. The first-order valence-electron chi connectivity index (χ1n) is 5.79. The molecule has 2 heterocycles. The summed E-state index contributed by atoms with van der Waals surface area (Å²) in [6.07, 6.45) is 8.07. The van der Waals surface area contributed by atoms with Crippen LogP contribution in [0.5, 0.6) is 0 Å². The highest BCUT2D eigenvalue weighted by Crippen LogP contribution is 2.35. The molecule has 0 aromatic rings. The van der Waals surface area contributed by atoms with Crippen LogP contribution in [0.1, 0.15) is 32.6 Å². The number of hydrogen-bond donors (Lipinski definition) is 0. The number of fused-ring (bicyclic) bond motifs is 2. The van der Waals surface area contributed by atoms with Crippen LogP contribution in [0, 0.1) is 5.92 Å². The zero-order chi connectivity index (χ0) is 10.7. The van der Waals surface area contributed by atoms with E-state index in [0.29, 0.717) is 18.9 Å². The maximum Gasteiger partial charge on any atom is 0.306 e. The fourth-order valence-electron chi connectivity index (χ4n) is 2.16. The highest BCUT2D eigenvalue weighted by atomic mass is 16.5. The van der Waals surface area contributed by atoms with Crippen LogP contribution in [-0.2, 0) is 14.3 Å². The van der Waals surface area contributed by atoms with E-state index in [-0.39, 0.29) is 18.2 Å². The van der Waals surface area contributed by atoms with Crippen molar-refractivity contribution in [2.45, 2.75) is 44.8 Å². The molecule has 3 atom stereocenters. The molecule has 0 N–H and O–H groups in total. The number of carbonyl (C=O) groups excluding carboxylic acids is 1. The Morgan fingerprint density at radius 3 is 3.00 bits per heavy atom. The SMILES string of the molecule is CCCCOC(=O)CC1CC2C=CC1O2. The van der Waals surface area contributed by atoms with Gasteiger partial charge in [-0.05, 0) is 12.8 Å². The van der Waals surface area contributed by atoms with Crippen molar-refractivity contribution < 1.29 is 14.3 Å². The third-order valence-electron chi connectivity index (χ3n) is 3.04. The Labute approximate surface area is 90.4 Å². The topological polar surface area (TPSA) is 35.5 Å². The molecular weight excluding hydrogens is 192 g/mol. The van der Waals surface area contributed by atoms with E-state index < -0.39 is 0 Å². The first-order chi connectivity index (χ1) is 7.29. The number of hydrogen-bond acceptors (Lipinski definition) is 3. The van der Waals surface area contributed by atoms with E-state index >= 15 is 0 Å². The van der Waals surface area contributed by atoms with Crippen LogP contribution < -0.4 is 0 Å². The number of esters is 1. The van der Waals surface area contributed by atoms with Gasteiger partial charge in [0.1, 0.15) is 0 Å². The minimum Gasteiger partial charge on any atom is -0.466 e. The van der Waals surface area contributed by atoms with E-state index in [1.54, 1.807) is 0 Å². The van der Waals surface area contributed by atoms with E-state index in [2.05, 4.69) is 19.1 Å². The summed E-state index contributed by atoms with van der Waals surface area (Å²) in [7, 11) is 0. The molecule has 15 heavy (non-hydrogen) atoms. The van der Waals surface area contributed by atoms with Gasteiger partial charge in [0, 0.05) is 5.92 Å². The monoisotopic (exact) mass is 210 g/mol. The molecule has 1 fully saturated rings. The fraction of sp³-hybridized carbons (Fsp3) is 0.750. The van der Waals surface area contributed by atoms with Gasteiger partial charge in [-0.25, -0.2) is 0 Å². The molecule has 0 aromatic carbocycles. The third-order valence-corrected chi connectivity index (χ3v) is 3.04. The van der Waals surface area contributed by atoms with E-state index in [4.69, 9.17) is 9.47 Å². The van der Waals surface area contributed by atoms with Gasteiger partial charge in [-0.15, -0.1) is 0 Å². The van der Waals surface area contributed by atoms with Crippen LogP contribution in [0.4, 0.5) is 0 Å². The van der Waals surface area contributed by atoms with Crippen LogP contribution in [0.15, 0.2) is 12.2 Å². The summed E-state index contributed by atoms with van der Waals surface area (Å²) in [6, 6.07) is 0. The zero-order valence-corrected chi connectivity index (χ0v) is 9.15. The van der Waals surface area contributed by atoms with Crippen molar-refractivity contribution >= 4 is 5.97 Å². The quantitative estimate of drug-likeness (QED) is 0.396. The summed E-state index contributed by atoms with van der Waals surface area (Å²) in [4.78, 5) is 11.4. The summed E-state index contributed by atoms with van der Waals surface area (Å²) < 4.78 is 10.7. The molecule has 0 saturated carbocycles. The van der Waals surface area contributed by atoms with Gasteiger partial charge in [-0.1, -0.05) is 25.5 Å². The zero-order valence-electron chi connectivity index (χ0n) is 9.15. The Morgan fingerprint density at radius 1 is 1.53 bits per heavy atom. The van der Waals surface area contributed by atoms with Crippen LogP contribution in [0.2, 0.25) is 0 Å². The first-order valence-corrected chi connectivity index (χ1v) is 5.79. The summed E-state index contributed by atoms with van der Waals surface area (Å²) in [5, 5.41) is 0. The summed E-state index contributed by atoms with van der Waals surface area (Å²) in [5.41, 5.74) is 0. The molecule has 0 aliphatic carbocycles. The van der Waals surface area contributed by atoms with E-state index in [9.17, 15) is 4.79 Å². The molecule has 84 valence electrons. The van der Waals surface area contributed by atoms with E-state index in [1.807, 2.05) is 0 Å². The second-order valence-corrected chi connectivity index (χ2v) is 4.30. The normalized spacial score (nSPS) is 32.2. The average Bonchev–Trinajstić information content (AvgIpc) is 2.79.